The lowest BCUT2D eigenvalue weighted by molar-refractivity contribution is -0.118. The normalized spacial score (nSPS) is 19.8. The molecule has 1 atom stereocenters. The number of urea groups is 1. The van der Waals surface area contributed by atoms with Crippen molar-refractivity contribution >= 4 is 35.5 Å². The highest BCUT2D eigenvalue weighted by atomic mass is 35.5. The molecule has 2 saturated carbocycles. The number of halogens is 1. The highest BCUT2D eigenvalue weighted by Crippen LogP contribution is 2.43. The molecule has 1 saturated heterocycles. The quantitative estimate of drug-likeness (QED) is 0.262. The summed E-state index contributed by atoms with van der Waals surface area (Å²) in [4.78, 5) is 24.3. The Morgan fingerprint density at radius 1 is 1.20 bits per heavy atom. The SMILES string of the molecule is O=C1CN(CCCCCSNC(c2ccc(Cl)c(OCC3CC3)c2)C2CC2)C(=O)N1. The fraction of sp³-hybridized carbons (Fsp3) is 0.636. The molecule has 1 aromatic carbocycles. The first-order chi connectivity index (χ1) is 14.6. The Kier molecular flexibility index (Phi) is 7.44. The van der Waals surface area contributed by atoms with Crippen molar-refractivity contribution in [3.63, 3.8) is 0 Å². The van der Waals surface area contributed by atoms with Crippen molar-refractivity contribution in [1.82, 2.24) is 14.9 Å². The Balaban J connectivity index is 1.17. The number of amides is 3. The number of nitrogens with one attached hydrogen (secondary N) is 2. The maximum absolute atomic E-state index is 11.5. The van der Waals surface area contributed by atoms with Gasteiger partial charge in [0.1, 0.15) is 12.3 Å². The number of nitrogens with zero attached hydrogens (tertiary/aromatic N) is 1. The van der Waals surface area contributed by atoms with Gasteiger partial charge in [-0.05, 0) is 68.1 Å². The maximum atomic E-state index is 11.5. The molecule has 3 aliphatic rings. The Hall–Kier alpha value is -1.44. The molecule has 1 unspecified atom stereocenters. The van der Waals surface area contributed by atoms with Crippen LogP contribution in [-0.2, 0) is 4.79 Å². The van der Waals surface area contributed by atoms with Crippen LogP contribution in [-0.4, -0.2) is 42.3 Å². The molecule has 1 aromatic rings. The highest BCUT2D eigenvalue weighted by Gasteiger charge is 2.33. The standard InChI is InChI=1S/C22H30ClN3O3S/c23-18-9-8-17(12-19(18)29-14-15-4-5-15)21(16-6-7-16)25-30-11-3-1-2-10-26-13-20(27)24-22(26)28/h8-9,12,15-16,21,25H,1-7,10-11,13-14H2,(H,24,27,28). The van der Waals surface area contributed by atoms with Gasteiger partial charge in [0.15, 0.2) is 0 Å². The van der Waals surface area contributed by atoms with E-state index in [1.54, 1.807) is 16.8 Å². The fourth-order valence-electron chi connectivity index (χ4n) is 3.65. The average Bonchev–Trinajstić information content (AvgIpc) is 3.63. The lowest BCUT2D eigenvalue weighted by Crippen LogP contribution is -2.29. The minimum Gasteiger partial charge on any atom is -0.492 e. The topological polar surface area (TPSA) is 70.7 Å². The van der Waals surface area contributed by atoms with E-state index in [9.17, 15) is 9.59 Å². The Labute approximate surface area is 187 Å². The van der Waals surface area contributed by atoms with Gasteiger partial charge in [-0.15, -0.1) is 0 Å². The van der Waals surface area contributed by atoms with Crippen molar-refractivity contribution in [2.45, 2.75) is 51.0 Å². The van der Waals surface area contributed by atoms with Gasteiger partial charge in [0, 0.05) is 18.3 Å². The zero-order chi connectivity index (χ0) is 20.9. The fourth-order valence-corrected chi connectivity index (χ4v) is 4.79. The number of benzene rings is 1. The van der Waals surface area contributed by atoms with Crippen molar-refractivity contribution in [2.24, 2.45) is 11.8 Å². The van der Waals surface area contributed by atoms with Crippen molar-refractivity contribution in [1.29, 1.82) is 0 Å². The summed E-state index contributed by atoms with van der Waals surface area (Å²) in [6.45, 7) is 1.62. The summed E-state index contributed by atoms with van der Waals surface area (Å²) in [6.07, 6.45) is 8.10. The third kappa shape index (κ3) is 6.28. The predicted molar refractivity (Wildman–Crippen MR) is 120 cm³/mol. The van der Waals surface area contributed by atoms with Gasteiger partial charge in [0.2, 0.25) is 5.91 Å². The lowest BCUT2D eigenvalue weighted by Gasteiger charge is -2.20. The Morgan fingerprint density at radius 3 is 2.73 bits per heavy atom. The zero-order valence-electron chi connectivity index (χ0n) is 17.2. The summed E-state index contributed by atoms with van der Waals surface area (Å²) in [5.41, 5.74) is 1.25. The Bertz CT molecular complexity index is 770. The molecule has 164 valence electrons. The van der Waals surface area contributed by atoms with E-state index in [0.717, 1.165) is 37.4 Å². The molecule has 6 nitrogen and oxygen atoms in total. The van der Waals surface area contributed by atoms with Gasteiger partial charge in [0.05, 0.1) is 11.6 Å². The van der Waals surface area contributed by atoms with E-state index in [0.29, 0.717) is 29.4 Å². The number of hydrogen-bond donors (Lipinski definition) is 2. The molecule has 4 rings (SSSR count). The zero-order valence-corrected chi connectivity index (χ0v) is 18.8. The molecule has 0 radical (unpaired) electrons. The summed E-state index contributed by atoms with van der Waals surface area (Å²) in [7, 11) is 0. The average molecular weight is 452 g/mol. The predicted octanol–water partition coefficient (Wildman–Crippen LogP) is 4.54. The van der Waals surface area contributed by atoms with Gasteiger partial charge in [-0.1, -0.05) is 36.0 Å². The van der Waals surface area contributed by atoms with Crippen LogP contribution in [0.1, 0.15) is 56.6 Å². The second kappa shape index (κ2) is 10.2. The molecule has 0 bridgehead atoms. The van der Waals surface area contributed by atoms with E-state index in [1.807, 2.05) is 6.07 Å². The summed E-state index contributed by atoms with van der Waals surface area (Å²) in [5, 5.41) is 3.00. The number of carbonyl (C=O) groups excluding carboxylic acids is 2. The smallest absolute Gasteiger partial charge is 0.324 e. The molecular formula is C22H30ClN3O3S. The minimum absolute atomic E-state index is 0.200. The number of ether oxygens (including phenoxy) is 1. The van der Waals surface area contributed by atoms with Crippen molar-refractivity contribution in [2.75, 3.05) is 25.4 Å². The molecule has 8 heteroatoms. The summed E-state index contributed by atoms with van der Waals surface area (Å²) in [5.74, 6) is 3.02. The van der Waals surface area contributed by atoms with Crippen LogP contribution in [0.2, 0.25) is 5.02 Å². The molecule has 0 spiro atoms. The molecule has 0 aromatic heterocycles. The summed E-state index contributed by atoms with van der Waals surface area (Å²) in [6, 6.07) is 6.26. The second-order valence-corrected chi connectivity index (χ2v) is 9.90. The number of imide groups is 1. The molecule has 3 amide bonds. The monoisotopic (exact) mass is 451 g/mol. The highest BCUT2D eigenvalue weighted by molar-refractivity contribution is 7.97. The van der Waals surface area contributed by atoms with Gasteiger partial charge in [-0.2, -0.15) is 0 Å². The lowest BCUT2D eigenvalue weighted by atomic mass is 10.0. The first kappa shape index (κ1) is 21.8. The first-order valence-corrected chi connectivity index (χ1v) is 12.3. The van der Waals surface area contributed by atoms with Crippen molar-refractivity contribution in [3.8, 4) is 5.75 Å². The number of carbonyl (C=O) groups is 2. The van der Waals surface area contributed by atoms with Gasteiger partial charge in [-0.25, -0.2) is 4.79 Å². The van der Waals surface area contributed by atoms with Crippen LogP contribution < -0.4 is 14.8 Å². The van der Waals surface area contributed by atoms with Gasteiger partial charge in [-0.3, -0.25) is 14.8 Å². The molecule has 2 aliphatic carbocycles. The third-order valence-electron chi connectivity index (χ3n) is 5.83. The van der Waals surface area contributed by atoms with Crippen LogP contribution in [0.15, 0.2) is 18.2 Å². The van der Waals surface area contributed by atoms with Crippen LogP contribution >= 0.6 is 23.5 Å². The second-order valence-electron chi connectivity index (χ2n) is 8.56. The Morgan fingerprint density at radius 2 is 2.03 bits per heavy atom. The first-order valence-electron chi connectivity index (χ1n) is 11.0. The molecule has 3 fully saturated rings. The van der Waals surface area contributed by atoms with Gasteiger partial charge >= 0.3 is 6.03 Å². The third-order valence-corrected chi connectivity index (χ3v) is 7.06. The largest absolute Gasteiger partial charge is 0.492 e. The van der Waals surface area contributed by atoms with E-state index in [4.69, 9.17) is 16.3 Å². The molecular weight excluding hydrogens is 422 g/mol. The van der Waals surface area contributed by atoms with Crippen LogP contribution in [0.5, 0.6) is 5.75 Å². The summed E-state index contributed by atoms with van der Waals surface area (Å²) >= 11 is 8.12. The van der Waals surface area contributed by atoms with E-state index < -0.39 is 0 Å². The van der Waals surface area contributed by atoms with Crippen LogP contribution in [0.3, 0.4) is 0 Å². The van der Waals surface area contributed by atoms with Gasteiger partial charge in [0.25, 0.3) is 0 Å². The molecule has 30 heavy (non-hydrogen) atoms. The molecule has 2 N–H and O–H groups in total. The van der Waals surface area contributed by atoms with E-state index in [-0.39, 0.29) is 18.5 Å². The number of hydrogen-bond acceptors (Lipinski definition) is 5. The van der Waals surface area contributed by atoms with Crippen LogP contribution in [0, 0.1) is 11.8 Å². The van der Waals surface area contributed by atoms with Crippen molar-refractivity contribution in [3.05, 3.63) is 28.8 Å². The van der Waals surface area contributed by atoms with E-state index in [1.165, 1.54) is 31.2 Å². The molecule has 1 heterocycles. The van der Waals surface area contributed by atoms with E-state index in [2.05, 4.69) is 22.2 Å². The maximum Gasteiger partial charge on any atom is 0.324 e. The number of rotatable bonds is 13. The molecule has 1 aliphatic heterocycles. The van der Waals surface area contributed by atoms with Crippen molar-refractivity contribution < 1.29 is 14.3 Å². The van der Waals surface area contributed by atoms with Crippen LogP contribution in [0.25, 0.3) is 0 Å². The van der Waals surface area contributed by atoms with E-state index >= 15 is 0 Å². The summed E-state index contributed by atoms with van der Waals surface area (Å²) < 4.78 is 9.62. The number of unbranched alkanes of at least 4 members (excludes halogenated alkanes) is 2. The van der Waals surface area contributed by atoms with Gasteiger partial charge < -0.3 is 9.64 Å². The minimum atomic E-state index is -0.258. The van der Waals surface area contributed by atoms with Crippen LogP contribution in [0.4, 0.5) is 4.79 Å².